The number of carbonyl (C=O) groups excluding carboxylic acids is 8. The van der Waals surface area contributed by atoms with Crippen molar-refractivity contribution in [1.29, 1.82) is 0 Å². The molecule has 1 unspecified atom stereocenters. The Morgan fingerprint density at radius 1 is 0.329 bits per heavy atom. The summed E-state index contributed by atoms with van der Waals surface area (Å²) < 4.78 is 42.1. The fraction of sp³-hybridized carbons (Fsp3) is 0.423. The summed E-state index contributed by atoms with van der Waals surface area (Å²) in [4.78, 5) is 148. The van der Waals surface area contributed by atoms with Crippen LogP contribution in [0.25, 0.3) is 112 Å². The Morgan fingerprint density at radius 2 is 0.584 bits per heavy atom. The first-order chi connectivity index (χ1) is 72.5. The molecule has 0 spiro atoms. The highest BCUT2D eigenvalue weighted by atomic mass is 16.5. The average molecular weight is 2020 g/mol. The first-order valence-electron chi connectivity index (χ1n) is 50.5. The lowest BCUT2D eigenvalue weighted by molar-refractivity contribution is -0.131. The molecular weight excluding hydrogens is 1910 g/mol. The maximum Gasteiger partial charge on any atom is 0.257 e. The number of nitrogens with zero attached hydrogens (tertiary/aromatic N) is 24. The van der Waals surface area contributed by atoms with Gasteiger partial charge in [0.15, 0.2) is 22.6 Å². The highest BCUT2D eigenvalue weighted by Crippen LogP contribution is 2.43. The lowest BCUT2D eigenvalue weighted by atomic mass is 9.89. The summed E-state index contributed by atoms with van der Waals surface area (Å²) in [5, 5.41) is 46.4. The van der Waals surface area contributed by atoms with Crippen molar-refractivity contribution in [1.82, 2.24) is 137 Å². The second-order valence-corrected chi connectivity index (χ2v) is 39.4. The van der Waals surface area contributed by atoms with Gasteiger partial charge in [0.1, 0.15) is 68.1 Å². The van der Waals surface area contributed by atoms with E-state index in [0.717, 1.165) is 131 Å². The van der Waals surface area contributed by atoms with Crippen LogP contribution in [-0.4, -0.2) is 335 Å². The van der Waals surface area contributed by atoms with Crippen LogP contribution in [0.1, 0.15) is 155 Å². The molecule has 5 saturated heterocycles. The second kappa shape index (κ2) is 40.7. The van der Waals surface area contributed by atoms with E-state index < -0.39 is 0 Å². The number of hydrogen-bond acceptors (Lipinski definition) is 29. The number of ether oxygens (including phenoxy) is 5. The molecule has 5 aliphatic heterocycles. The van der Waals surface area contributed by atoms with Gasteiger partial charge in [0.05, 0.1) is 120 Å². The van der Waals surface area contributed by atoms with Crippen molar-refractivity contribution in [2.24, 2.45) is 0 Å². The monoisotopic (exact) mass is 2020 g/mol. The van der Waals surface area contributed by atoms with Crippen LogP contribution in [-0.2, 0) is 42.9 Å². The maximum absolute atomic E-state index is 13.3. The molecule has 21 heterocycles. The highest BCUT2D eigenvalue weighted by molar-refractivity contribution is 6.05. The molecule has 45 heteroatoms. The third kappa shape index (κ3) is 18.0. The first kappa shape index (κ1) is 97.7. The van der Waals surface area contributed by atoms with Crippen molar-refractivity contribution in [3.8, 4) is 45.0 Å². The van der Waals surface area contributed by atoms with E-state index in [1.54, 1.807) is 111 Å². The van der Waals surface area contributed by atoms with Crippen LogP contribution < -0.4 is 42.5 Å². The van der Waals surface area contributed by atoms with E-state index in [-0.39, 0.29) is 126 Å². The molecule has 16 aromatic rings. The summed E-state index contributed by atoms with van der Waals surface area (Å²) in [5.74, 6) is 2.45. The summed E-state index contributed by atoms with van der Waals surface area (Å²) in [6, 6.07) is 23.4. The Kier molecular flexibility index (Phi) is 26.7. The van der Waals surface area contributed by atoms with E-state index in [1.807, 2.05) is 146 Å². The Bertz CT molecular complexity index is 7380. The molecule has 16 aromatic heterocycles. The predicted molar refractivity (Wildman–Crippen MR) is 553 cm³/mol. The molecule has 9 aliphatic rings. The lowest BCUT2D eigenvalue weighted by Gasteiger charge is -2.35. The number of fused-ring (bicyclic) bond motifs is 8. The molecular formula is C104H118N32O13. The first-order valence-corrected chi connectivity index (χ1v) is 50.5. The number of hydrogen-bond donors (Lipinski definition) is 8. The fourth-order valence-electron chi connectivity index (χ4n) is 22.0. The molecule has 0 radical (unpaired) electrons. The van der Waals surface area contributed by atoms with Gasteiger partial charge in [-0.15, -0.1) is 0 Å². The van der Waals surface area contributed by atoms with Crippen molar-refractivity contribution >= 4 is 137 Å². The van der Waals surface area contributed by atoms with Crippen molar-refractivity contribution < 1.29 is 62.0 Å². The average Bonchev–Trinajstić information content (AvgIpc) is 1.60. The topological polar surface area (TPSA) is 484 Å². The van der Waals surface area contributed by atoms with Gasteiger partial charge < -0.3 is 104 Å². The standard InChI is InChI=1S/C29H34N8O4.3C25H28N8O3/c1-30-25-13-23(33-28-20(14-32-37(25)28)29(39)34-22-5-6-24(22)40-2)21-16-36(27-19(21)4-3-9-31-27)18-12-26(38)35(15-18)17-7-10-41-11-8-17;3*1-26-21-10-19(29-24-16(11-28-33(21)24)25(35)30-18-6-7-20(18)36-3)17-13-32(14-9-22(34)31(2)12-14)23-15(17)5-4-8-27-23/h3-4,9,13-14,16-18,22,24,30H,5-8,10-12,15H2,1-2H3,(H,34,39);3*4-5,8,10-11,13-14,18,20,26H,6-7,9,12H2,1-3H3,(H,30,35)/t18-,22?,24+;14-,18+,20+;2*14-,18-,20-/m1010/s1. The van der Waals surface area contributed by atoms with Crippen LogP contribution in [0.2, 0.25) is 0 Å². The smallest absolute Gasteiger partial charge is 0.257 e. The van der Waals surface area contributed by atoms with Crippen LogP contribution in [0.3, 0.4) is 0 Å². The van der Waals surface area contributed by atoms with Gasteiger partial charge in [-0.2, -0.15) is 38.5 Å². The molecule has 8 amide bonds. The van der Waals surface area contributed by atoms with Crippen molar-refractivity contribution in [3.05, 3.63) is 169 Å². The summed E-state index contributed by atoms with van der Waals surface area (Å²) in [6.07, 6.45) is 32.2. The quantitative estimate of drug-likeness (QED) is 0.0264. The number of aromatic nitrogens is 20. The predicted octanol–water partition coefficient (Wildman–Crippen LogP) is 8.94. The maximum atomic E-state index is 13.3. The molecule has 8 N–H and O–H groups in total. The Hall–Kier alpha value is -16.0. The number of likely N-dealkylation sites (N-methyl/N-ethyl adjacent to an activating group) is 3. The Labute approximate surface area is 853 Å². The van der Waals surface area contributed by atoms with Gasteiger partial charge in [-0.25, -0.2) is 39.9 Å². The lowest BCUT2D eigenvalue weighted by Crippen LogP contribution is -2.51. The highest BCUT2D eigenvalue weighted by Gasteiger charge is 2.43. The van der Waals surface area contributed by atoms with E-state index in [1.165, 1.54) is 0 Å². The van der Waals surface area contributed by atoms with E-state index in [0.29, 0.717) is 156 Å². The number of rotatable bonds is 25. The number of anilines is 4. The summed E-state index contributed by atoms with van der Waals surface area (Å²) in [7, 11) is 19.4. The Morgan fingerprint density at radius 3 is 0.812 bits per heavy atom. The summed E-state index contributed by atoms with van der Waals surface area (Å²) >= 11 is 0. The van der Waals surface area contributed by atoms with E-state index in [4.69, 9.17) is 48.6 Å². The molecule has 12 atom stereocenters. The normalized spacial score (nSPS) is 22.2. The third-order valence-electron chi connectivity index (χ3n) is 31.0. The van der Waals surface area contributed by atoms with Gasteiger partial charge in [-0.3, -0.25) is 38.4 Å². The van der Waals surface area contributed by atoms with Crippen LogP contribution in [0.15, 0.2) is 147 Å². The van der Waals surface area contributed by atoms with Gasteiger partial charge in [-0.05, 0) is 113 Å². The Balaban J connectivity index is 0.000000113. The van der Waals surface area contributed by atoms with Crippen LogP contribution >= 0.6 is 0 Å². The van der Waals surface area contributed by atoms with Crippen molar-refractivity contribution in [3.63, 3.8) is 0 Å². The summed E-state index contributed by atoms with van der Waals surface area (Å²) in [5.41, 5.74) is 13.0. The van der Waals surface area contributed by atoms with E-state index >= 15 is 0 Å². The molecule has 4 aliphatic carbocycles. The fourth-order valence-corrected chi connectivity index (χ4v) is 22.0. The largest absolute Gasteiger partial charge is 0.381 e. The molecule has 45 nitrogen and oxygen atoms in total. The van der Waals surface area contributed by atoms with Crippen LogP contribution in [0.4, 0.5) is 23.3 Å². The second-order valence-electron chi connectivity index (χ2n) is 39.4. The van der Waals surface area contributed by atoms with Gasteiger partial charge in [0.2, 0.25) is 23.6 Å². The zero-order valence-corrected chi connectivity index (χ0v) is 84.5. The molecule has 772 valence electrons. The van der Waals surface area contributed by atoms with Gasteiger partial charge in [0.25, 0.3) is 23.6 Å². The van der Waals surface area contributed by atoms with Crippen molar-refractivity contribution in [2.45, 2.75) is 169 Å². The van der Waals surface area contributed by atoms with E-state index in [2.05, 4.69) is 102 Å². The van der Waals surface area contributed by atoms with E-state index in [9.17, 15) is 38.4 Å². The molecule has 0 bridgehead atoms. The summed E-state index contributed by atoms with van der Waals surface area (Å²) in [6.45, 7) is 3.92. The minimum absolute atomic E-state index is 0.00587. The van der Waals surface area contributed by atoms with Crippen LogP contribution in [0, 0.1) is 0 Å². The number of carbonyl (C=O) groups is 8. The third-order valence-corrected chi connectivity index (χ3v) is 31.0. The number of methoxy groups -OCH3 is 4. The van der Waals surface area contributed by atoms with Gasteiger partial charge >= 0.3 is 0 Å². The van der Waals surface area contributed by atoms with Crippen molar-refractivity contribution in [2.75, 3.05) is 138 Å². The molecule has 9 fully saturated rings. The minimum atomic E-state index is -0.222. The molecule has 4 saturated carbocycles. The minimum Gasteiger partial charge on any atom is -0.381 e. The zero-order valence-electron chi connectivity index (χ0n) is 84.5. The van der Waals surface area contributed by atoms with Crippen LogP contribution in [0.5, 0.6) is 0 Å². The van der Waals surface area contributed by atoms with Gasteiger partial charge in [-0.1, -0.05) is 0 Å². The number of pyridine rings is 4. The SMILES string of the molecule is CNc1cc(-c2cn([C@@H]3CC(=O)N(C)C3)c3ncccc23)nc2c(C(=O)N[C@@H]3CC[C@H]3OC)cnn12.CNc1cc(-c2cn([C@@H]3CC(=O)N(C4CCOCC4)C3)c3ncccc23)nc2c(C(=O)NC3CC[C@@H]3OC)cnn12.CNc1cc(-c2cn([C@H]3CC(=O)N(C)C3)c3ncccc23)nc2c(C(=O)N[C@@H]3CC[C@H]3OC)cnn12.CNc1cc(-c2cn([C@H]3CC(=O)N(C)C3)c3ncccc23)nc2c(C(=O)N[C@H]3CC[C@@H]3OC)cnn12. The number of amides is 8. The number of nitrogens with one attached hydrogen (secondary N) is 8. The molecule has 25 rings (SSSR count). The molecule has 0 aromatic carbocycles. The zero-order chi connectivity index (χ0) is 103. The molecule has 149 heavy (non-hydrogen) atoms. The van der Waals surface area contributed by atoms with Gasteiger partial charge in [0, 0.05) is 267 Å². The number of likely N-dealkylation sites (tertiary alicyclic amines) is 4.